The summed E-state index contributed by atoms with van der Waals surface area (Å²) in [5.41, 5.74) is 4.53. The van der Waals surface area contributed by atoms with Crippen LogP contribution in [0.5, 0.6) is 5.75 Å². The molecule has 1 N–H and O–H groups in total. The molecule has 0 amide bonds. The Morgan fingerprint density at radius 2 is 1.77 bits per heavy atom. The molecule has 1 heterocycles. The standard InChI is InChI=1S/C18H21NO2S/c1-12-15-6-5-7-16(17(15)21-22(20)19-12)13-8-10-14(11-9-13)18(2,3)4/h5-12,19H,1-4H3. The molecule has 2 atom stereocenters. The molecule has 1 aliphatic heterocycles. The number of fused-ring (bicyclic) bond motifs is 1. The lowest BCUT2D eigenvalue weighted by atomic mass is 9.86. The van der Waals surface area contributed by atoms with Crippen molar-refractivity contribution in [2.24, 2.45) is 0 Å². The van der Waals surface area contributed by atoms with E-state index >= 15 is 0 Å². The van der Waals surface area contributed by atoms with Crippen LogP contribution < -0.4 is 8.91 Å². The van der Waals surface area contributed by atoms with Crippen LogP contribution in [0.15, 0.2) is 42.5 Å². The van der Waals surface area contributed by atoms with Gasteiger partial charge in [-0.2, -0.15) is 8.93 Å². The van der Waals surface area contributed by atoms with Crippen LogP contribution in [-0.2, 0) is 16.7 Å². The lowest BCUT2D eigenvalue weighted by Crippen LogP contribution is -2.30. The van der Waals surface area contributed by atoms with Crippen molar-refractivity contribution in [1.29, 1.82) is 0 Å². The smallest absolute Gasteiger partial charge is 0.288 e. The van der Waals surface area contributed by atoms with Crippen LogP contribution in [-0.4, -0.2) is 4.21 Å². The first kappa shape index (κ1) is 15.3. The van der Waals surface area contributed by atoms with Gasteiger partial charge in [-0.05, 0) is 23.5 Å². The molecule has 0 spiro atoms. The maximum atomic E-state index is 11.8. The second kappa shape index (κ2) is 5.52. The van der Waals surface area contributed by atoms with E-state index in [4.69, 9.17) is 4.18 Å². The summed E-state index contributed by atoms with van der Waals surface area (Å²) < 4.78 is 20.2. The van der Waals surface area contributed by atoms with Crippen LogP contribution in [0.1, 0.15) is 44.9 Å². The van der Waals surface area contributed by atoms with Gasteiger partial charge in [-0.1, -0.05) is 63.2 Å². The quantitative estimate of drug-likeness (QED) is 0.853. The van der Waals surface area contributed by atoms with E-state index in [-0.39, 0.29) is 11.5 Å². The lowest BCUT2D eigenvalue weighted by Gasteiger charge is -2.25. The van der Waals surface area contributed by atoms with Crippen LogP contribution in [0, 0.1) is 0 Å². The highest BCUT2D eigenvalue weighted by Crippen LogP contribution is 2.39. The first-order valence-corrected chi connectivity index (χ1v) is 8.54. The number of benzene rings is 2. The molecule has 0 saturated carbocycles. The molecule has 0 fully saturated rings. The normalized spacial score (nSPS) is 21.1. The van der Waals surface area contributed by atoms with Crippen molar-refractivity contribution in [2.75, 3.05) is 0 Å². The zero-order chi connectivity index (χ0) is 15.9. The molecule has 116 valence electrons. The fourth-order valence-electron chi connectivity index (χ4n) is 2.67. The molecule has 4 heteroatoms. The molecule has 22 heavy (non-hydrogen) atoms. The van der Waals surface area contributed by atoms with Gasteiger partial charge in [-0.3, -0.25) is 0 Å². The predicted octanol–water partition coefficient (Wildman–Crippen LogP) is 4.27. The van der Waals surface area contributed by atoms with Gasteiger partial charge in [0, 0.05) is 17.2 Å². The average molecular weight is 315 g/mol. The van der Waals surface area contributed by atoms with Crippen LogP contribution in [0.3, 0.4) is 0 Å². The summed E-state index contributed by atoms with van der Waals surface area (Å²) in [5.74, 6) is 0.718. The van der Waals surface area contributed by atoms with Gasteiger partial charge in [0.15, 0.2) is 5.75 Å². The van der Waals surface area contributed by atoms with Crippen LogP contribution in [0.25, 0.3) is 11.1 Å². The first-order chi connectivity index (χ1) is 10.4. The van der Waals surface area contributed by atoms with Gasteiger partial charge >= 0.3 is 0 Å². The minimum Gasteiger partial charge on any atom is -0.388 e. The van der Waals surface area contributed by atoms with E-state index < -0.39 is 11.3 Å². The molecular formula is C18H21NO2S. The highest BCUT2D eigenvalue weighted by atomic mass is 32.2. The number of para-hydroxylation sites is 1. The molecular weight excluding hydrogens is 294 g/mol. The summed E-state index contributed by atoms with van der Waals surface area (Å²) in [7, 11) is 0. The second-order valence-corrected chi connectivity index (χ2v) is 7.58. The molecule has 2 aromatic carbocycles. The molecule has 3 rings (SSSR count). The Morgan fingerprint density at radius 3 is 2.41 bits per heavy atom. The summed E-state index contributed by atoms with van der Waals surface area (Å²) in [6, 6.07) is 14.6. The SMILES string of the molecule is CC1NS(=O)Oc2c(-c3ccc(C(C)(C)C)cc3)cccc21. The molecule has 0 aliphatic carbocycles. The second-order valence-electron chi connectivity index (χ2n) is 6.71. The van der Waals surface area contributed by atoms with E-state index in [0.29, 0.717) is 0 Å². The van der Waals surface area contributed by atoms with E-state index in [0.717, 1.165) is 22.4 Å². The lowest BCUT2D eigenvalue weighted by molar-refractivity contribution is 0.501. The van der Waals surface area contributed by atoms with Gasteiger partial charge in [0.2, 0.25) is 0 Å². The van der Waals surface area contributed by atoms with Crippen molar-refractivity contribution in [1.82, 2.24) is 4.72 Å². The molecule has 0 bridgehead atoms. The zero-order valence-corrected chi connectivity index (χ0v) is 14.2. The molecule has 0 aromatic heterocycles. The van der Waals surface area contributed by atoms with E-state index in [1.807, 2.05) is 25.1 Å². The van der Waals surface area contributed by atoms with E-state index in [9.17, 15) is 4.21 Å². The topological polar surface area (TPSA) is 38.3 Å². The minimum absolute atomic E-state index is 0.0124. The van der Waals surface area contributed by atoms with E-state index in [2.05, 4.69) is 49.8 Å². The van der Waals surface area contributed by atoms with E-state index in [1.54, 1.807) is 0 Å². The van der Waals surface area contributed by atoms with E-state index in [1.165, 1.54) is 5.56 Å². The summed E-state index contributed by atoms with van der Waals surface area (Å²) in [5, 5.41) is 0. The molecule has 2 aromatic rings. The summed E-state index contributed by atoms with van der Waals surface area (Å²) in [4.78, 5) is 0. The Morgan fingerprint density at radius 1 is 1.09 bits per heavy atom. The number of rotatable bonds is 1. The summed E-state index contributed by atoms with van der Waals surface area (Å²) in [6.45, 7) is 8.59. The van der Waals surface area contributed by atoms with Crippen molar-refractivity contribution >= 4 is 11.3 Å². The minimum atomic E-state index is -1.48. The zero-order valence-electron chi connectivity index (χ0n) is 13.3. The van der Waals surface area contributed by atoms with Crippen LogP contribution in [0.4, 0.5) is 0 Å². The average Bonchev–Trinajstić information content (AvgIpc) is 2.46. The van der Waals surface area contributed by atoms with Crippen LogP contribution in [0.2, 0.25) is 0 Å². The largest absolute Gasteiger partial charge is 0.388 e. The highest BCUT2D eigenvalue weighted by Gasteiger charge is 2.25. The Balaban J connectivity index is 2.06. The number of nitrogens with one attached hydrogen (secondary N) is 1. The van der Waals surface area contributed by atoms with Gasteiger partial charge in [0.1, 0.15) is 0 Å². The molecule has 3 nitrogen and oxygen atoms in total. The molecule has 1 aliphatic rings. The third kappa shape index (κ3) is 2.81. The summed E-state index contributed by atoms with van der Waals surface area (Å²) >= 11 is -1.48. The van der Waals surface area contributed by atoms with Crippen molar-refractivity contribution in [3.05, 3.63) is 53.6 Å². The Labute approximate surface area is 134 Å². The first-order valence-electron chi connectivity index (χ1n) is 7.46. The van der Waals surface area contributed by atoms with Gasteiger partial charge in [0.05, 0.1) is 0 Å². The maximum Gasteiger partial charge on any atom is 0.288 e. The van der Waals surface area contributed by atoms with Crippen molar-refractivity contribution in [3.8, 4) is 16.9 Å². The van der Waals surface area contributed by atoms with Crippen molar-refractivity contribution in [3.63, 3.8) is 0 Å². The van der Waals surface area contributed by atoms with Gasteiger partial charge in [0.25, 0.3) is 11.3 Å². The number of hydrogen-bond acceptors (Lipinski definition) is 2. The Kier molecular flexibility index (Phi) is 3.83. The molecule has 0 saturated heterocycles. The third-order valence-electron chi connectivity index (χ3n) is 4.01. The van der Waals surface area contributed by atoms with Crippen molar-refractivity contribution in [2.45, 2.75) is 39.2 Å². The molecule has 0 radical (unpaired) electrons. The Hall–Kier alpha value is -1.65. The number of hydrogen-bond donors (Lipinski definition) is 1. The molecule has 2 unspecified atom stereocenters. The highest BCUT2D eigenvalue weighted by molar-refractivity contribution is 7.78. The van der Waals surface area contributed by atoms with Gasteiger partial charge in [-0.25, -0.2) is 0 Å². The fraction of sp³-hybridized carbons (Fsp3) is 0.333. The monoisotopic (exact) mass is 315 g/mol. The van der Waals surface area contributed by atoms with Gasteiger partial charge < -0.3 is 4.18 Å². The van der Waals surface area contributed by atoms with Gasteiger partial charge in [-0.15, -0.1) is 0 Å². The predicted molar refractivity (Wildman–Crippen MR) is 90.9 cm³/mol. The maximum absolute atomic E-state index is 11.8. The van der Waals surface area contributed by atoms with Crippen LogP contribution >= 0.6 is 0 Å². The van der Waals surface area contributed by atoms with Crippen molar-refractivity contribution < 1.29 is 8.39 Å². The summed E-state index contributed by atoms with van der Waals surface area (Å²) in [6.07, 6.45) is 0. The fourth-order valence-corrected chi connectivity index (χ4v) is 3.47. The Bertz CT molecular complexity index is 717. The third-order valence-corrected chi connectivity index (χ3v) is 4.87.